The summed E-state index contributed by atoms with van der Waals surface area (Å²) < 4.78 is 0. The highest BCUT2D eigenvalue weighted by Crippen LogP contribution is 2.25. The lowest BCUT2D eigenvalue weighted by atomic mass is 10.5. The maximum absolute atomic E-state index is 5.57. The number of hydrogen-bond donors (Lipinski definition) is 4. The summed E-state index contributed by atoms with van der Waals surface area (Å²) in [4.78, 5) is 13.3. The number of hydrogen-bond acceptors (Lipinski definition) is 9. The number of rotatable bonds is 4. The highest BCUT2D eigenvalue weighted by Gasteiger charge is 2.05. The maximum Gasteiger partial charge on any atom is 0.197 e. The fraction of sp³-hybridized carbons (Fsp3) is 0.125. The van der Waals surface area contributed by atoms with Crippen molar-refractivity contribution in [3.05, 3.63) is 17.1 Å². The van der Waals surface area contributed by atoms with Crippen molar-refractivity contribution < 1.29 is 0 Å². The van der Waals surface area contributed by atoms with Crippen LogP contribution in [0, 0.1) is 0 Å². The Morgan fingerprint density at radius 3 is 2.59 bits per heavy atom. The Balaban J connectivity index is 2.01. The molecule has 90 valence electrons. The summed E-state index contributed by atoms with van der Waals surface area (Å²) in [6, 6.07) is 1.52. The molecular weight excluding hydrogens is 258 g/mol. The van der Waals surface area contributed by atoms with E-state index in [1.165, 1.54) is 29.2 Å². The average Bonchev–Trinajstić information content (AvgIpc) is 2.73. The van der Waals surface area contributed by atoms with Crippen LogP contribution in [0.25, 0.3) is 0 Å². The standard InChI is InChI=1S/C8H11N7S2/c9-5-1-6(10)14-8(13-5)16-3-4-2-12-7(15-11)17-4/h1-2H,3,11H2,(H,12,15)(H4,9,10,13,14). The molecule has 2 aromatic heterocycles. The first-order chi connectivity index (χ1) is 8.17. The second kappa shape index (κ2) is 5.17. The van der Waals surface area contributed by atoms with Crippen molar-refractivity contribution in [3.63, 3.8) is 0 Å². The van der Waals surface area contributed by atoms with Crippen LogP contribution < -0.4 is 22.7 Å². The van der Waals surface area contributed by atoms with Crippen molar-refractivity contribution in [1.82, 2.24) is 15.0 Å². The van der Waals surface area contributed by atoms with Crippen molar-refractivity contribution in [3.8, 4) is 0 Å². The summed E-state index contributed by atoms with van der Waals surface area (Å²) >= 11 is 2.92. The number of hydrazine groups is 1. The molecule has 0 aliphatic heterocycles. The summed E-state index contributed by atoms with van der Waals surface area (Å²) in [5.74, 6) is 6.68. The van der Waals surface area contributed by atoms with E-state index in [1.54, 1.807) is 6.20 Å². The molecule has 0 fully saturated rings. The number of nitrogens with zero attached hydrogens (tertiary/aromatic N) is 3. The number of nitrogens with two attached hydrogens (primary N) is 3. The van der Waals surface area contributed by atoms with E-state index >= 15 is 0 Å². The van der Waals surface area contributed by atoms with Gasteiger partial charge in [-0.3, -0.25) is 5.43 Å². The van der Waals surface area contributed by atoms with Crippen molar-refractivity contribution in [2.24, 2.45) is 5.84 Å². The molecule has 0 aliphatic carbocycles. The first-order valence-electron chi connectivity index (χ1n) is 4.61. The number of thioether (sulfide) groups is 1. The molecule has 0 aliphatic rings. The molecule has 2 aromatic rings. The maximum atomic E-state index is 5.57. The molecule has 0 bridgehead atoms. The highest BCUT2D eigenvalue weighted by molar-refractivity contribution is 7.98. The van der Waals surface area contributed by atoms with Crippen LogP contribution >= 0.6 is 23.1 Å². The number of thiazole rings is 1. The van der Waals surface area contributed by atoms with Gasteiger partial charge in [0.25, 0.3) is 0 Å². The van der Waals surface area contributed by atoms with Crippen LogP contribution in [0.5, 0.6) is 0 Å². The normalized spacial score (nSPS) is 10.4. The van der Waals surface area contributed by atoms with E-state index in [1.807, 2.05) is 0 Å². The molecule has 0 saturated heterocycles. The minimum atomic E-state index is 0.369. The summed E-state index contributed by atoms with van der Waals surface area (Å²) in [5, 5.41) is 1.23. The Hall–Kier alpha value is -1.58. The van der Waals surface area contributed by atoms with Gasteiger partial charge in [-0.05, 0) is 0 Å². The zero-order valence-electron chi connectivity index (χ0n) is 8.75. The molecule has 0 unspecified atom stereocenters. The van der Waals surface area contributed by atoms with Gasteiger partial charge < -0.3 is 11.5 Å². The Kier molecular flexibility index (Phi) is 3.61. The van der Waals surface area contributed by atoms with Crippen LogP contribution in [-0.4, -0.2) is 15.0 Å². The molecule has 2 rings (SSSR count). The predicted molar refractivity (Wildman–Crippen MR) is 70.3 cm³/mol. The van der Waals surface area contributed by atoms with Crippen LogP contribution in [-0.2, 0) is 5.75 Å². The molecule has 7 nitrogen and oxygen atoms in total. The lowest BCUT2D eigenvalue weighted by molar-refractivity contribution is 0.984. The Morgan fingerprint density at radius 1 is 1.29 bits per heavy atom. The van der Waals surface area contributed by atoms with Crippen LogP contribution in [0.15, 0.2) is 17.4 Å². The van der Waals surface area contributed by atoms with Gasteiger partial charge in [0.05, 0.1) is 0 Å². The third-order valence-corrected chi connectivity index (χ3v) is 3.77. The van der Waals surface area contributed by atoms with Crippen LogP contribution in [0.1, 0.15) is 4.88 Å². The summed E-state index contributed by atoms with van der Waals surface area (Å²) in [7, 11) is 0. The van der Waals surface area contributed by atoms with Gasteiger partial charge in [0.15, 0.2) is 10.3 Å². The largest absolute Gasteiger partial charge is 0.383 e. The number of anilines is 3. The average molecular weight is 269 g/mol. The Morgan fingerprint density at radius 2 is 2.00 bits per heavy atom. The van der Waals surface area contributed by atoms with Gasteiger partial charge in [-0.25, -0.2) is 20.8 Å². The van der Waals surface area contributed by atoms with E-state index in [4.69, 9.17) is 17.3 Å². The second-order valence-corrected chi connectivity index (χ2v) is 5.12. The second-order valence-electron chi connectivity index (χ2n) is 3.06. The molecule has 0 saturated carbocycles. The number of nitrogen functional groups attached to an aromatic ring is 3. The topological polar surface area (TPSA) is 129 Å². The van der Waals surface area contributed by atoms with Crippen molar-refractivity contribution in [2.75, 3.05) is 16.9 Å². The van der Waals surface area contributed by atoms with E-state index in [9.17, 15) is 0 Å². The molecule has 0 spiro atoms. The molecule has 0 atom stereocenters. The van der Waals surface area contributed by atoms with Crippen molar-refractivity contribution in [2.45, 2.75) is 10.9 Å². The molecule has 7 N–H and O–H groups in total. The smallest absolute Gasteiger partial charge is 0.197 e. The predicted octanol–water partition coefficient (Wildman–Crippen LogP) is 0.675. The first kappa shape index (κ1) is 11.9. The van der Waals surface area contributed by atoms with Crippen LogP contribution in [0.2, 0.25) is 0 Å². The van der Waals surface area contributed by atoms with Gasteiger partial charge >= 0.3 is 0 Å². The Bertz CT molecular complexity index is 492. The number of nitrogens with one attached hydrogen (secondary N) is 1. The summed E-state index contributed by atoms with van der Waals surface area (Å²) in [6.07, 6.45) is 1.75. The van der Waals surface area contributed by atoms with Gasteiger partial charge in [0.1, 0.15) is 11.6 Å². The number of aromatic nitrogens is 3. The van der Waals surface area contributed by atoms with Crippen molar-refractivity contribution >= 4 is 39.9 Å². The van der Waals surface area contributed by atoms with Crippen LogP contribution in [0.4, 0.5) is 16.8 Å². The van der Waals surface area contributed by atoms with Gasteiger partial charge in [-0.15, -0.1) is 11.3 Å². The molecular formula is C8H11N7S2. The summed E-state index contributed by atoms with van der Waals surface area (Å²) in [6.45, 7) is 0. The highest BCUT2D eigenvalue weighted by atomic mass is 32.2. The lowest BCUT2D eigenvalue weighted by Gasteiger charge is -2.00. The van der Waals surface area contributed by atoms with E-state index in [0.717, 1.165) is 4.88 Å². The van der Waals surface area contributed by atoms with E-state index in [2.05, 4.69) is 20.4 Å². The lowest BCUT2D eigenvalue weighted by Crippen LogP contribution is -2.05. The SMILES string of the molecule is NNc1ncc(CSc2nc(N)cc(N)n2)s1. The van der Waals surface area contributed by atoms with Crippen LogP contribution in [0.3, 0.4) is 0 Å². The quantitative estimate of drug-likeness (QED) is 0.276. The molecule has 9 heteroatoms. The zero-order valence-corrected chi connectivity index (χ0v) is 10.4. The summed E-state index contributed by atoms with van der Waals surface area (Å²) in [5.41, 5.74) is 13.6. The third kappa shape index (κ3) is 3.19. The molecule has 0 amide bonds. The molecule has 0 aromatic carbocycles. The molecule has 17 heavy (non-hydrogen) atoms. The zero-order chi connectivity index (χ0) is 12.3. The molecule has 0 radical (unpaired) electrons. The fourth-order valence-corrected chi connectivity index (χ4v) is 2.72. The minimum Gasteiger partial charge on any atom is -0.383 e. The van der Waals surface area contributed by atoms with E-state index in [-0.39, 0.29) is 0 Å². The van der Waals surface area contributed by atoms with Gasteiger partial charge in [0, 0.05) is 22.9 Å². The molecule has 2 heterocycles. The first-order valence-corrected chi connectivity index (χ1v) is 6.41. The minimum absolute atomic E-state index is 0.369. The van der Waals surface area contributed by atoms with Crippen molar-refractivity contribution in [1.29, 1.82) is 0 Å². The third-order valence-electron chi connectivity index (χ3n) is 1.77. The monoisotopic (exact) mass is 269 g/mol. The van der Waals surface area contributed by atoms with Gasteiger partial charge in [0.2, 0.25) is 0 Å². The van der Waals surface area contributed by atoms with Gasteiger partial charge in [-0.2, -0.15) is 0 Å². The Labute approximate surface area is 106 Å². The van der Waals surface area contributed by atoms with E-state index < -0.39 is 0 Å². The van der Waals surface area contributed by atoms with E-state index in [0.29, 0.717) is 27.7 Å². The fourth-order valence-electron chi connectivity index (χ4n) is 1.10. The van der Waals surface area contributed by atoms with Gasteiger partial charge in [-0.1, -0.05) is 11.8 Å².